The van der Waals surface area contributed by atoms with Gasteiger partial charge in [-0.25, -0.2) is 0 Å². The molecule has 0 bridgehead atoms. The Morgan fingerprint density at radius 1 is 0.895 bits per heavy atom. The Hall–Kier alpha value is -0.300. The number of unbranched alkanes of at least 4 members (excludes halogenated alkanes) is 4. The lowest BCUT2D eigenvalue weighted by Gasteiger charge is -2.17. The van der Waals surface area contributed by atoms with E-state index in [-0.39, 0.29) is 0 Å². The highest BCUT2D eigenvalue weighted by Crippen LogP contribution is 2.25. The van der Waals surface area contributed by atoms with Crippen molar-refractivity contribution >= 4 is 15.9 Å². The smallest absolute Gasteiger partial charge is 0.0207 e. The Morgan fingerprint density at radius 2 is 1.58 bits per heavy atom. The normalized spacial score (nSPS) is 12.6. The van der Waals surface area contributed by atoms with Crippen molar-refractivity contribution in [3.05, 3.63) is 34.3 Å². The van der Waals surface area contributed by atoms with Crippen LogP contribution in [0, 0.1) is 5.92 Å². The fourth-order valence-electron chi connectivity index (χ4n) is 2.68. The van der Waals surface area contributed by atoms with E-state index in [1.165, 1.54) is 67.8 Å². The third kappa shape index (κ3) is 7.15. The minimum atomic E-state index is 0.871. The van der Waals surface area contributed by atoms with Gasteiger partial charge >= 0.3 is 0 Å². The molecule has 0 heterocycles. The highest BCUT2D eigenvalue weighted by molar-refractivity contribution is 9.10. The van der Waals surface area contributed by atoms with Gasteiger partial charge in [0.15, 0.2) is 0 Å². The van der Waals surface area contributed by atoms with Crippen molar-refractivity contribution in [3.8, 4) is 0 Å². The molecule has 0 saturated carbocycles. The minimum Gasteiger partial charge on any atom is -0.0654 e. The van der Waals surface area contributed by atoms with Gasteiger partial charge in [0.05, 0.1) is 0 Å². The van der Waals surface area contributed by atoms with Crippen LogP contribution in [0.3, 0.4) is 0 Å². The zero-order valence-electron chi connectivity index (χ0n) is 12.6. The highest BCUT2D eigenvalue weighted by atomic mass is 79.9. The lowest BCUT2D eigenvalue weighted by molar-refractivity contribution is 0.410. The molecule has 0 spiro atoms. The molecule has 0 aliphatic heterocycles. The molecular weight excluding hydrogens is 296 g/mol. The first-order chi connectivity index (χ1) is 9.27. The van der Waals surface area contributed by atoms with Crippen LogP contribution in [0.1, 0.15) is 70.8 Å². The monoisotopic (exact) mass is 324 g/mol. The first-order valence-corrected chi connectivity index (χ1v) is 8.80. The van der Waals surface area contributed by atoms with Crippen molar-refractivity contribution in [2.45, 2.75) is 71.6 Å². The maximum atomic E-state index is 3.69. The molecule has 1 aromatic carbocycles. The molecule has 1 rings (SSSR count). The Morgan fingerprint density at radius 3 is 2.26 bits per heavy atom. The van der Waals surface area contributed by atoms with Gasteiger partial charge in [-0.1, -0.05) is 99.3 Å². The molecule has 0 nitrogen and oxygen atoms in total. The SMILES string of the molecule is CCCCCCC(CCCC)Cc1ccccc1Br. The summed E-state index contributed by atoms with van der Waals surface area (Å²) in [6.07, 6.45) is 12.3. The Bertz CT molecular complexity index is 332. The lowest BCUT2D eigenvalue weighted by Crippen LogP contribution is -2.05. The average molecular weight is 325 g/mol. The molecule has 1 atom stereocenters. The maximum absolute atomic E-state index is 3.69. The van der Waals surface area contributed by atoms with Gasteiger partial charge in [0.25, 0.3) is 0 Å². The van der Waals surface area contributed by atoms with Gasteiger partial charge in [0, 0.05) is 4.47 Å². The Balaban J connectivity index is 2.46. The molecule has 0 aromatic heterocycles. The third-order valence-electron chi connectivity index (χ3n) is 3.90. The van der Waals surface area contributed by atoms with Crippen LogP contribution < -0.4 is 0 Å². The van der Waals surface area contributed by atoms with E-state index in [9.17, 15) is 0 Å². The van der Waals surface area contributed by atoms with E-state index in [2.05, 4.69) is 54.0 Å². The molecule has 0 saturated heterocycles. The Labute approximate surface area is 128 Å². The van der Waals surface area contributed by atoms with Crippen molar-refractivity contribution in [1.29, 1.82) is 0 Å². The topological polar surface area (TPSA) is 0 Å². The quantitative estimate of drug-likeness (QED) is 0.416. The number of rotatable bonds is 10. The van der Waals surface area contributed by atoms with Gasteiger partial charge < -0.3 is 0 Å². The molecule has 0 aliphatic carbocycles. The summed E-state index contributed by atoms with van der Waals surface area (Å²) in [6.45, 7) is 4.59. The number of hydrogen-bond donors (Lipinski definition) is 0. The van der Waals surface area contributed by atoms with Crippen LogP contribution in [0.25, 0.3) is 0 Å². The third-order valence-corrected chi connectivity index (χ3v) is 4.67. The van der Waals surface area contributed by atoms with E-state index in [0.29, 0.717) is 0 Å². The van der Waals surface area contributed by atoms with Crippen LogP contribution in [0.2, 0.25) is 0 Å². The van der Waals surface area contributed by atoms with Crippen molar-refractivity contribution in [2.75, 3.05) is 0 Å². The second kappa shape index (κ2) is 10.5. The fraction of sp³-hybridized carbons (Fsp3) is 0.667. The van der Waals surface area contributed by atoms with Crippen LogP contribution in [0.4, 0.5) is 0 Å². The van der Waals surface area contributed by atoms with Gasteiger partial charge in [-0.2, -0.15) is 0 Å². The van der Waals surface area contributed by atoms with Crippen LogP contribution in [-0.2, 0) is 6.42 Å². The van der Waals surface area contributed by atoms with Gasteiger partial charge in [-0.3, -0.25) is 0 Å². The summed E-state index contributed by atoms with van der Waals surface area (Å²) >= 11 is 3.69. The first kappa shape index (κ1) is 16.8. The molecule has 0 amide bonds. The summed E-state index contributed by atoms with van der Waals surface area (Å²) in [7, 11) is 0. The van der Waals surface area contributed by atoms with Gasteiger partial charge in [-0.15, -0.1) is 0 Å². The minimum absolute atomic E-state index is 0.871. The van der Waals surface area contributed by atoms with E-state index in [0.717, 1.165) is 5.92 Å². The van der Waals surface area contributed by atoms with Crippen LogP contribution in [0.5, 0.6) is 0 Å². The predicted octanol–water partition coefficient (Wildman–Crippen LogP) is 6.77. The van der Waals surface area contributed by atoms with Gasteiger partial charge in [0.2, 0.25) is 0 Å². The molecular formula is C18H29Br. The number of halogens is 1. The molecule has 19 heavy (non-hydrogen) atoms. The average Bonchev–Trinajstić information content (AvgIpc) is 2.43. The lowest BCUT2D eigenvalue weighted by atomic mass is 9.89. The van der Waals surface area contributed by atoms with Crippen molar-refractivity contribution in [1.82, 2.24) is 0 Å². The van der Waals surface area contributed by atoms with Gasteiger partial charge in [0.1, 0.15) is 0 Å². The summed E-state index contributed by atoms with van der Waals surface area (Å²) in [5.74, 6) is 0.871. The van der Waals surface area contributed by atoms with Crippen molar-refractivity contribution in [3.63, 3.8) is 0 Å². The molecule has 0 radical (unpaired) electrons. The molecule has 1 unspecified atom stereocenters. The maximum Gasteiger partial charge on any atom is 0.0207 e. The largest absolute Gasteiger partial charge is 0.0654 e. The molecule has 0 fully saturated rings. The molecule has 1 heteroatoms. The molecule has 0 aliphatic rings. The standard InChI is InChI=1S/C18H29Br/c1-3-5-7-8-12-16(11-6-4-2)15-17-13-9-10-14-18(17)19/h9-10,13-14,16H,3-8,11-12,15H2,1-2H3. The summed E-state index contributed by atoms with van der Waals surface area (Å²) < 4.78 is 1.28. The van der Waals surface area contributed by atoms with E-state index in [4.69, 9.17) is 0 Å². The van der Waals surface area contributed by atoms with Gasteiger partial charge in [-0.05, 0) is 24.0 Å². The number of benzene rings is 1. The van der Waals surface area contributed by atoms with E-state index >= 15 is 0 Å². The molecule has 1 aromatic rings. The van der Waals surface area contributed by atoms with Crippen LogP contribution in [0.15, 0.2) is 28.7 Å². The fourth-order valence-corrected chi connectivity index (χ4v) is 3.12. The van der Waals surface area contributed by atoms with E-state index in [1.807, 2.05) is 0 Å². The summed E-state index contributed by atoms with van der Waals surface area (Å²) in [5, 5.41) is 0. The van der Waals surface area contributed by atoms with E-state index < -0.39 is 0 Å². The van der Waals surface area contributed by atoms with E-state index in [1.54, 1.807) is 0 Å². The molecule has 0 N–H and O–H groups in total. The summed E-state index contributed by atoms with van der Waals surface area (Å²) in [4.78, 5) is 0. The summed E-state index contributed by atoms with van der Waals surface area (Å²) in [6, 6.07) is 8.71. The second-order valence-electron chi connectivity index (χ2n) is 5.65. The predicted molar refractivity (Wildman–Crippen MR) is 89.6 cm³/mol. The summed E-state index contributed by atoms with van der Waals surface area (Å²) in [5.41, 5.74) is 1.49. The number of hydrogen-bond acceptors (Lipinski definition) is 0. The van der Waals surface area contributed by atoms with Crippen molar-refractivity contribution in [2.24, 2.45) is 5.92 Å². The van der Waals surface area contributed by atoms with Crippen LogP contribution in [-0.4, -0.2) is 0 Å². The highest BCUT2D eigenvalue weighted by Gasteiger charge is 2.11. The Kier molecular flexibility index (Phi) is 9.24. The molecule has 108 valence electrons. The second-order valence-corrected chi connectivity index (χ2v) is 6.51. The van der Waals surface area contributed by atoms with Crippen LogP contribution >= 0.6 is 15.9 Å². The zero-order chi connectivity index (χ0) is 13.9. The van der Waals surface area contributed by atoms with Crippen molar-refractivity contribution < 1.29 is 0 Å². The zero-order valence-corrected chi connectivity index (χ0v) is 14.2. The first-order valence-electron chi connectivity index (χ1n) is 8.01.